The molecule has 0 saturated heterocycles. The molecule has 350 valence electrons. The number of nitrogens with one attached hydrogen (secondary N) is 1. The van der Waals surface area contributed by atoms with Crippen LogP contribution in [0.4, 0.5) is 0 Å². The van der Waals surface area contributed by atoms with Gasteiger partial charge < -0.3 is 15.5 Å². The topological polar surface area (TPSA) is 69.6 Å². The molecule has 3 N–H and O–H groups in total. The van der Waals surface area contributed by atoms with Crippen molar-refractivity contribution in [2.75, 3.05) is 6.61 Å². The van der Waals surface area contributed by atoms with Crippen molar-refractivity contribution >= 4 is 5.91 Å². The third-order valence-corrected chi connectivity index (χ3v) is 9.93. The smallest absolute Gasteiger partial charge is 0.220 e. The number of aliphatic hydroxyl groups is 2. The summed E-state index contributed by atoms with van der Waals surface area (Å²) in [6.07, 6.45) is 86.3. The lowest BCUT2D eigenvalue weighted by Gasteiger charge is -2.19. The fraction of sp³-hybridized carbons (Fsp3) is 0.508. The summed E-state index contributed by atoms with van der Waals surface area (Å²) in [6.45, 7) is 4.11. The maximum atomic E-state index is 12.4. The van der Waals surface area contributed by atoms with Crippen LogP contribution in [0.15, 0.2) is 170 Å². The van der Waals surface area contributed by atoms with Gasteiger partial charge in [0.05, 0.1) is 18.8 Å². The van der Waals surface area contributed by atoms with Crippen molar-refractivity contribution in [1.29, 1.82) is 0 Å². The average molecular weight is 862 g/mol. The molecule has 0 bridgehead atoms. The average Bonchev–Trinajstić information content (AvgIpc) is 3.29. The summed E-state index contributed by atoms with van der Waals surface area (Å²) in [5.74, 6) is -0.110. The molecular formula is C59H91NO3. The number of allylic oxidation sites excluding steroid dienone is 27. The van der Waals surface area contributed by atoms with Crippen molar-refractivity contribution in [2.45, 2.75) is 187 Å². The van der Waals surface area contributed by atoms with Gasteiger partial charge in [0.1, 0.15) is 0 Å². The number of aliphatic hydroxyl groups excluding tert-OH is 2. The number of rotatable bonds is 42. The molecule has 0 rings (SSSR count). The zero-order valence-corrected chi connectivity index (χ0v) is 40.0. The molecule has 0 aliphatic rings. The predicted octanol–water partition coefficient (Wildman–Crippen LogP) is 16.4. The van der Waals surface area contributed by atoms with Crippen molar-refractivity contribution < 1.29 is 15.0 Å². The number of amides is 1. The van der Waals surface area contributed by atoms with E-state index >= 15 is 0 Å². The highest BCUT2D eigenvalue weighted by Gasteiger charge is 2.17. The van der Waals surface area contributed by atoms with Crippen LogP contribution in [0.5, 0.6) is 0 Å². The molecule has 0 aromatic heterocycles. The summed E-state index contributed by atoms with van der Waals surface area (Å²) in [7, 11) is 0. The van der Waals surface area contributed by atoms with Gasteiger partial charge in [-0.25, -0.2) is 0 Å². The minimum Gasteiger partial charge on any atom is -0.394 e. The van der Waals surface area contributed by atoms with Gasteiger partial charge in [0.15, 0.2) is 0 Å². The SMILES string of the molecule is CC/C=C\C/C=C\C/C=C\C/C=C\C/C=C\C/C=C\C/C=C\C/C=C\C/C=C\C/C=C\C/C=C\C/C=C\CCCCCCC(=O)NC(CO)C(O)/C=C/CC/C=C/CCCCCC. The molecule has 0 aromatic carbocycles. The van der Waals surface area contributed by atoms with Gasteiger partial charge in [-0.15, -0.1) is 0 Å². The largest absolute Gasteiger partial charge is 0.394 e. The molecule has 0 saturated carbocycles. The highest BCUT2D eigenvalue weighted by molar-refractivity contribution is 5.76. The third kappa shape index (κ3) is 48.6. The van der Waals surface area contributed by atoms with E-state index < -0.39 is 12.1 Å². The molecule has 4 nitrogen and oxygen atoms in total. The highest BCUT2D eigenvalue weighted by Crippen LogP contribution is 2.08. The second-order valence-electron chi connectivity index (χ2n) is 15.8. The van der Waals surface area contributed by atoms with Gasteiger partial charge in [0, 0.05) is 6.42 Å². The first kappa shape index (κ1) is 58.8. The van der Waals surface area contributed by atoms with E-state index in [1.165, 1.54) is 25.7 Å². The molecular weight excluding hydrogens is 771 g/mol. The van der Waals surface area contributed by atoms with Crippen LogP contribution in [0.3, 0.4) is 0 Å². The molecule has 2 unspecified atom stereocenters. The molecule has 4 heteroatoms. The van der Waals surface area contributed by atoms with Crippen molar-refractivity contribution in [3.05, 3.63) is 170 Å². The summed E-state index contributed by atoms with van der Waals surface area (Å²) in [5.41, 5.74) is 0. The second-order valence-corrected chi connectivity index (χ2v) is 15.8. The third-order valence-electron chi connectivity index (χ3n) is 9.93. The van der Waals surface area contributed by atoms with Crippen LogP contribution in [0.25, 0.3) is 0 Å². The Hall–Kier alpha value is -4.25. The first-order valence-electron chi connectivity index (χ1n) is 24.8. The van der Waals surface area contributed by atoms with Gasteiger partial charge in [0.2, 0.25) is 5.91 Å². The van der Waals surface area contributed by atoms with Gasteiger partial charge in [-0.1, -0.05) is 216 Å². The van der Waals surface area contributed by atoms with Crippen LogP contribution in [-0.4, -0.2) is 34.9 Å². The standard InChI is InChI=1S/C59H91NO3/c1-3-5-7-9-11-13-15-16-17-18-19-20-21-22-23-24-25-26-27-28-29-30-31-32-33-34-35-36-37-38-39-40-41-42-43-44-45-47-49-51-53-55-59(63)60-57(56-61)58(62)54-52-50-48-46-14-12-10-8-6-4-2/h5,7,11,13-14,16-17,19-20,22-23,25-26,28-29,31-32,34-35,37-38,40-41,43-44,46,52,54,57-58,61-62H,3-4,6,8-10,12,15,18,21,24,27,30,33,36,39,42,45,47-51,53,55-56H2,1-2H3,(H,60,63)/b7-5-,13-11-,17-16-,20-19-,23-22-,26-25-,29-28-,32-31-,35-34-,38-37-,41-40-,44-43-,46-14+,54-52+. The molecule has 0 radical (unpaired) electrons. The first-order valence-corrected chi connectivity index (χ1v) is 24.8. The molecule has 0 aliphatic carbocycles. The summed E-state index contributed by atoms with van der Waals surface area (Å²) < 4.78 is 0. The molecule has 0 aliphatic heterocycles. The molecule has 63 heavy (non-hydrogen) atoms. The quantitative estimate of drug-likeness (QED) is 0.0423. The Morgan fingerprint density at radius 1 is 0.397 bits per heavy atom. The molecule has 0 fully saturated rings. The van der Waals surface area contributed by atoms with Crippen LogP contribution >= 0.6 is 0 Å². The Kier molecular flexibility index (Phi) is 48.6. The zero-order valence-electron chi connectivity index (χ0n) is 40.0. The van der Waals surface area contributed by atoms with Gasteiger partial charge in [0.25, 0.3) is 0 Å². The van der Waals surface area contributed by atoms with Crippen molar-refractivity contribution in [3.63, 3.8) is 0 Å². The van der Waals surface area contributed by atoms with E-state index in [4.69, 9.17) is 0 Å². The Bertz CT molecular complexity index is 1440. The minimum atomic E-state index is -0.883. The fourth-order valence-corrected chi connectivity index (χ4v) is 6.17. The number of hydrogen-bond donors (Lipinski definition) is 3. The van der Waals surface area contributed by atoms with Crippen molar-refractivity contribution in [3.8, 4) is 0 Å². The minimum absolute atomic E-state index is 0.110. The van der Waals surface area contributed by atoms with Crippen LogP contribution in [-0.2, 0) is 4.79 Å². The number of carbonyl (C=O) groups excluding carboxylic acids is 1. The Labute approximate surface area is 388 Å². The Balaban J connectivity index is 3.74. The van der Waals surface area contributed by atoms with Crippen molar-refractivity contribution in [1.82, 2.24) is 5.32 Å². The lowest BCUT2D eigenvalue weighted by molar-refractivity contribution is -0.123. The van der Waals surface area contributed by atoms with E-state index in [-0.39, 0.29) is 12.5 Å². The summed E-state index contributed by atoms with van der Waals surface area (Å²) in [5, 5.41) is 22.9. The maximum absolute atomic E-state index is 12.4. The van der Waals surface area contributed by atoms with Gasteiger partial charge in [-0.2, -0.15) is 0 Å². The van der Waals surface area contributed by atoms with Crippen molar-refractivity contribution in [2.24, 2.45) is 0 Å². The predicted molar refractivity (Wildman–Crippen MR) is 280 cm³/mol. The van der Waals surface area contributed by atoms with E-state index in [1.54, 1.807) is 6.08 Å². The maximum Gasteiger partial charge on any atom is 0.220 e. The highest BCUT2D eigenvalue weighted by atomic mass is 16.3. The monoisotopic (exact) mass is 862 g/mol. The normalized spacial score (nSPS) is 14.4. The van der Waals surface area contributed by atoms with E-state index in [0.717, 1.165) is 128 Å². The summed E-state index contributed by atoms with van der Waals surface area (Å²) in [6, 6.07) is -0.663. The molecule has 1 amide bonds. The van der Waals surface area contributed by atoms with E-state index in [9.17, 15) is 15.0 Å². The zero-order chi connectivity index (χ0) is 45.6. The van der Waals surface area contributed by atoms with Crippen LogP contribution in [0, 0.1) is 0 Å². The fourth-order valence-electron chi connectivity index (χ4n) is 6.17. The molecule has 2 atom stereocenters. The van der Waals surface area contributed by atoms with Crippen LogP contribution < -0.4 is 5.32 Å². The van der Waals surface area contributed by atoms with E-state index in [2.05, 4.69) is 177 Å². The van der Waals surface area contributed by atoms with Crippen LogP contribution in [0.1, 0.15) is 174 Å². The molecule has 0 heterocycles. The summed E-state index contributed by atoms with van der Waals surface area (Å²) >= 11 is 0. The summed E-state index contributed by atoms with van der Waals surface area (Å²) in [4.78, 5) is 12.4. The van der Waals surface area contributed by atoms with Crippen LogP contribution in [0.2, 0.25) is 0 Å². The molecule has 0 aromatic rings. The Morgan fingerprint density at radius 2 is 0.714 bits per heavy atom. The number of carbonyl (C=O) groups is 1. The number of unbranched alkanes of at least 4 members (excludes halogenated alkanes) is 9. The second kappa shape index (κ2) is 52.1. The first-order chi connectivity index (χ1) is 31.2. The lowest BCUT2D eigenvalue weighted by atomic mass is 10.1. The molecule has 0 spiro atoms. The van der Waals surface area contributed by atoms with E-state index in [0.29, 0.717) is 6.42 Å². The van der Waals surface area contributed by atoms with Gasteiger partial charge in [-0.05, 0) is 122 Å². The Morgan fingerprint density at radius 3 is 1.10 bits per heavy atom. The van der Waals surface area contributed by atoms with Gasteiger partial charge >= 0.3 is 0 Å². The van der Waals surface area contributed by atoms with Gasteiger partial charge in [-0.3, -0.25) is 4.79 Å². The van der Waals surface area contributed by atoms with E-state index in [1.807, 2.05) is 6.08 Å². The number of hydrogen-bond acceptors (Lipinski definition) is 3. The lowest BCUT2D eigenvalue weighted by Crippen LogP contribution is -2.45.